The molecule has 1 fully saturated rings. The van der Waals surface area contributed by atoms with Gasteiger partial charge in [-0.2, -0.15) is 0 Å². The van der Waals surface area contributed by atoms with E-state index < -0.39 is 0 Å². The van der Waals surface area contributed by atoms with Crippen molar-refractivity contribution in [2.24, 2.45) is 11.7 Å². The number of nitrogens with two attached hydrogens (primary N) is 1. The van der Waals surface area contributed by atoms with E-state index in [9.17, 15) is 0 Å². The van der Waals surface area contributed by atoms with Crippen LogP contribution in [0.2, 0.25) is 0 Å². The number of benzene rings is 1. The van der Waals surface area contributed by atoms with Gasteiger partial charge in [-0.15, -0.1) is 0 Å². The predicted octanol–water partition coefficient (Wildman–Crippen LogP) is 3.34. The molecule has 0 spiro atoms. The fourth-order valence-electron chi connectivity index (χ4n) is 2.99. The largest absolute Gasteiger partial charge is 0.487 e. The van der Waals surface area contributed by atoms with Gasteiger partial charge in [0.25, 0.3) is 0 Å². The van der Waals surface area contributed by atoms with Gasteiger partial charge in [0.05, 0.1) is 0 Å². The van der Waals surface area contributed by atoms with Gasteiger partial charge in [-0.25, -0.2) is 0 Å². The molecule has 0 saturated heterocycles. The zero-order valence-corrected chi connectivity index (χ0v) is 10.7. The summed E-state index contributed by atoms with van der Waals surface area (Å²) in [5.41, 5.74) is 8.69. The Labute approximate surface area is 103 Å². The molecule has 2 N–H and O–H groups in total. The maximum absolute atomic E-state index is 6.31. The van der Waals surface area contributed by atoms with Gasteiger partial charge < -0.3 is 10.5 Å². The average molecular weight is 231 g/mol. The van der Waals surface area contributed by atoms with Crippen LogP contribution in [-0.2, 0) is 0 Å². The van der Waals surface area contributed by atoms with Crippen LogP contribution in [0.4, 0.5) is 0 Å². The molecule has 92 valence electrons. The van der Waals surface area contributed by atoms with Gasteiger partial charge in [-0.1, -0.05) is 30.5 Å². The molecule has 1 aliphatic carbocycles. The first-order chi connectivity index (χ1) is 8.06. The quantitative estimate of drug-likeness (QED) is 0.847. The second-order valence-electron chi connectivity index (χ2n) is 6.05. The topological polar surface area (TPSA) is 35.2 Å². The van der Waals surface area contributed by atoms with Crippen molar-refractivity contribution >= 4 is 0 Å². The van der Waals surface area contributed by atoms with E-state index in [1.807, 2.05) is 0 Å². The molecule has 2 unspecified atom stereocenters. The molecule has 2 nitrogen and oxygen atoms in total. The maximum Gasteiger partial charge on any atom is 0.124 e. The molecule has 0 amide bonds. The van der Waals surface area contributed by atoms with E-state index in [2.05, 4.69) is 32.0 Å². The van der Waals surface area contributed by atoms with Crippen molar-refractivity contribution in [3.63, 3.8) is 0 Å². The van der Waals surface area contributed by atoms with E-state index in [1.54, 1.807) is 0 Å². The van der Waals surface area contributed by atoms with Crippen molar-refractivity contribution in [2.75, 3.05) is 0 Å². The van der Waals surface area contributed by atoms with Gasteiger partial charge in [-0.05, 0) is 32.3 Å². The molecule has 0 aromatic heterocycles. The molecule has 1 aromatic carbocycles. The Hall–Kier alpha value is -1.02. The van der Waals surface area contributed by atoms with Gasteiger partial charge in [0.1, 0.15) is 11.4 Å². The highest BCUT2D eigenvalue weighted by Gasteiger charge is 2.40. The molecule has 0 bridgehead atoms. The van der Waals surface area contributed by atoms with Crippen molar-refractivity contribution in [2.45, 2.75) is 51.2 Å². The smallest absolute Gasteiger partial charge is 0.124 e. The Kier molecular flexibility index (Phi) is 2.44. The minimum atomic E-state index is -0.0527. The summed E-state index contributed by atoms with van der Waals surface area (Å²) in [5.74, 6) is 1.87. The predicted molar refractivity (Wildman–Crippen MR) is 69.1 cm³/mol. The van der Waals surface area contributed by atoms with Crippen molar-refractivity contribution in [3.05, 3.63) is 29.3 Å². The van der Waals surface area contributed by atoms with E-state index in [1.165, 1.54) is 24.0 Å². The highest BCUT2D eigenvalue weighted by molar-refractivity contribution is 5.41. The zero-order valence-electron chi connectivity index (χ0n) is 10.7. The SMILES string of the molecule is Cc1ccc2c(c1)C(N)CC(C)(CC1CC1)O2. The first-order valence-electron chi connectivity index (χ1n) is 6.61. The van der Waals surface area contributed by atoms with Gasteiger partial charge >= 0.3 is 0 Å². The van der Waals surface area contributed by atoms with Crippen LogP contribution >= 0.6 is 0 Å². The van der Waals surface area contributed by atoms with Crippen LogP contribution in [0.3, 0.4) is 0 Å². The summed E-state index contributed by atoms with van der Waals surface area (Å²) in [6.45, 7) is 4.32. The van der Waals surface area contributed by atoms with Crippen LogP contribution in [0.15, 0.2) is 18.2 Å². The van der Waals surface area contributed by atoms with E-state index >= 15 is 0 Å². The lowest BCUT2D eigenvalue weighted by Gasteiger charge is -2.39. The Morgan fingerprint density at radius 1 is 1.41 bits per heavy atom. The van der Waals surface area contributed by atoms with Crippen LogP contribution in [0.5, 0.6) is 5.75 Å². The standard InChI is InChI=1S/C15H21NO/c1-10-3-6-14-12(7-10)13(16)9-15(2,17-14)8-11-4-5-11/h3,6-7,11,13H,4-5,8-9,16H2,1-2H3. The molecular formula is C15H21NO. The summed E-state index contributed by atoms with van der Waals surface area (Å²) in [5, 5.41) is 0. The molecular weight excluding hydrogens is 210 g/mol. The molecule has 2 aliphatic rings. The Morgan fingerprint density at radius 2 is 2.18 bits per heavy atom. The normalized spacial score (nSPS) is 31.8. The highest BCUT2D eigenvalue weighted by Crippen LogP contribution is 2.45. The minimum Gasteiger partial charge on any atom is -0.487 e. The van der Waals surface area contributed by atoms with E-state index in [0.717, 1.165) is 24.5 Å². The second kappa shape index (κ2) is 3.74. The van der Waals surface area contributed by atoms with Crippen LogP contribution in [-0.4, -0.2) is 5.60 Å². The fraction of sp³-hybridized carbons (Fsp3) is 0.600. The summed E-state index contributed by atoms with van der Waals surface area (Å²) in [4.78, 5) is 0. The average Bonchev–Trinajstić information content (AvgIpc) is 3.03. The summed E-state index contributed by atoms with van der Waals surface area (Å²) >= 11 is 0. The Morgan fingerprint density at radius 3 is 2.88 bits per heavy atom. The van der Waals surface area contributed by atoms with E-state index in [4.69, 9.17) is 10.5 Å². The Balaban J connectivity index is 1.88. The van der Waals surface area contributed by atoms with E-state index in [-0.39, 0.29) is 11.6 Å². The molecule has 2 atom stereocenters. The lowest BCUT2D eigenvalue weighted by molar-refractivity contribution is 0.0402. The van der Waals surface area contributed by atoms with Crippen molar-refractivity contribution in [1.82, 2.24) is 0 Å². The number of ether oxygens (including phenoxy) is 1. The molecule has 17 heavy (non-hydrogen) atoms. The highest BCUT2D eigenvalue weighted by atomic mass is 16.5. The number of aryl methyl sites for hydroxylation is 1. The van der Waals surface area contributed by atoms with Gasteiger partial charge in [0, 0.05) is 18.0 Å². The van der Waals surface area contributed by atoms with Crippen LogP contribution < -0.4 is 10.5 Å². The number of hydrogen-bond acceptors (Lipinski definition) is 2. The van der Waals surface area contributed by atoms with Gasteiger partial charge in [-0.3, -0.25) is 0 Å². The molecule has 0 radical (unpaired) electrons. The minimum absolute atomic E-state index is 0.0527. The Bertz CT molecular complexity index is 439. The lowest BCUT2D eigenvalue weighted by Crippen LogP contribution is -2.40. The molecule has 1 aromatic rings. The van der Waals surface area contributed by atoms with Crippen LogP contribution in [0.1, 0.15) is 49.8 Å². The summed E-state index contributed by atoms with van der Waals surface area (Å²) in [7, 11) is 0. The molecule has 3 rings (SSSR count). The number of hydrogen-bond donors (Lipinski definition) is 1. The molecule has 1 aliphatic heterocycles. The van der Waals surface area contributed by atoms with Gasteiger partial charge in [0.15, 0.2) is 0 Å². The zero-order chi connectivity index (χ0) is 12.0. The summed E-state index contributed by atoms with van der Waals surface area (Å²) < 4.78 is 6.22. The van der Waals surface area contributed by atoms with Crippen molar-refractivity contribution in [1.29, 1.82) is 0 Å². The van der Waals surface area contributed by atoms with E-state index in [0.29, 0.717) is 0 Å². The number of fused-ring (bicyclic) bond motifs is 1. The first-order valence-corrected chi connectivity index (χ1v) is 6.61. The lowest BCUT2D eigenvalue weighted by atomic mass is 9.85. The van der Waals surface area contributed by atoms with Gasteiger partial charge in [0.2, 0.25) is 0 Å². The first kappa shape index (κ1) is 11.1. The summed E-state index contributed by atoms with van der Waals surface area (Å²) in [6, 6.07) is 6.47. The third kappa shape index (κ3) is 2.19. The van der Waals surface area contributed by atoms with Crippen LogP contribution in [0.25, 0.3) is 0 Å². The van der Waals surface area contributed by atoms with Crippen LogP contribution in [0, 0.1) is 12.8 Å². The van der Waals surface area contributed by atoms with Crippen molar-refractivity contribution in [3.8, 4) is 5.75 Å². The molecule has 1 heterocycles. The van der Waals surface area contributed by atoms with Crippen molar-refractivity contribution < 1.29 is 4.74 Å². The monoisotopic (exact) mass is 231 g/mol. The fourth-order valence-corrected chi connectivity index (χ4v) is 2.99. The second-order valence-corrected chi connectivity index (χ2v) is 6.05. The third-order valence-corrected chi connectivity index (χ3v) is 3.99. The molecule has 2 heteroatoms. The third-order valence-electron chi connectivity index (χ3n) is 3.99. The summed E-state index contributed by atoms with van der Waals surface area (Å²) in [6.07, 6.45) is 4.85. The molecule has 1 saturated carbocycles. The maximum atomic E-state index is 6.31. The number of rotatable bonds is 2.